The highest BCUT2D eigenvalue weighted by atomic mass is 32.2. The minimum absolute atomic E-state index is 0.0654. The van der Waals surface area contributed by atoms with E-state index in [-0.39, 0.29) is 4.90 Å². The Morgan fingerprint density at radius 3 is 2.44 bits per heavy atom. The summed E-state index contributed by atoms with van der Waals surface area (Å²) >= 11 is 0. The predicted molar refractivity (Wildman–Crippen MR) is 57.5 cm³/mol. The third kappa shape index (κ3) is 2.35. The van der Waals surface area contributed by atoms with Crippen molar-refractivity contribution < 1.29 is 8.42 Å². The molecule has 0 radical (unpaired) electrons. The Balaban J connectivity index is 2.20. The summed E-state index contributed by atoms with van der Waals surface area (Å²) in [5.74, 6) is 0.475. The van der Waals surface area contributed by atoms with E-state index in [4.69, 9.17) is 5.14 Å². The first-order valence-electron chi connectivity index (χ1n) is 4.31. The number of aromatic amines is 1. The molecule has 7 nitrogen and oxygen atoms in total. The van der Waals surface area contributed by atoms with Crippen molar-refractivity contribution in [3.8, 4) is 0 Å². The van der Waals surface area contributed by atoms with E-state index >= 15 is 0 Å². The molecule has 0 bridgehead atoms. The van der Waals surface area contributed by atoms with Crippen LogP contribution in [0.4, 0.5) is 11.6 Å². The Morgan fingerprint density at radius 1 is 1.25 bits per heavy atom. The van der Waals surface area contributed by atoms with Crippen LogP contribution in [-0.4, -0.2) is 23.6 Å². The van der Waals surface area contributed by atoms with Gasteiger partial charge < -0.3 is 5.32 Å². The zero-order chi connectivity index (χ0) is 11.6. The van der Waals surface area contributed by atoms with E-state index in [2.05, 4.69) is 20.5 Å². The molecule has 0 fully saturated rings. The summed E-state index contributed by atoms with van der Waals surface area (Å²) in [4.78, 5) is 3.93. The molecule has 16 heavy (non-hydrogen) atoms. The number of benzene rings is 1. The lowest BCUT2D eigenvalue weighted by Crippen LogP contribution is -2.11. The van der Waals surface area contributed by atoms with Crippen molar-refractivity contribution >= 4 is 21.7 Å². The van der Waals surface area contributed by atoms with Gasteiger partial charge in [-0.2, -0.15) is 10.1 Å². The monoisotopic (exact) mass is 239 g/mol. The van der Waals surface area contributed by atoms with Crippen LogP contribution in [-0.2, 0) is 10.0 Å². The van der Waals surface area contributed by atoms with Crippen LogP contribution in [0.15, 0.2) is 35.5 Å². The van der Waals surface area contributed by atoms with E-state index in [0.29, 0.717) is 11.6 Å². The van der Waals surface area contributed by atoms with Gasteiger partial charge in [-0.1, -0.05) is 0 Å². The molecule has 0 unspecified atom stereocenters. The topological polar surface area (TPSA) is 114 Å². The first-order valence-corrected chi connectivity index (χ1v) is 5.85. The number of H-pyrrole nitrogens is 1. The number of hydrogen-bond donors (Lipinski definition) is 3. The van der Waals surface area contributed by atoms with Crippen molar-refractivity contribution in [2.24, 2.45) is 5.14 Å². The molecule has 0 saturated carbocycles. The van der Waals surface area contributed by atoms with Gasteiger partial charge in [-0.05, 0) is 24.3 Å². The Labute approximate surface area is 91.8 Å². The predicted octanol–water partition coefficient (Wildman–Crippen LogP) is 0.196. The molecule has 1 heterocycles. The van der Waals surface area contributed by atoms with E-state index in [0.717, 1.165) is 0 Å². The van der Waals surface area contributed by atoms with Crippen molar-refractivity contribution in [1.82, 2.24) is 15.2 Å². The summed E-state index contributed by atoms with van der Waals surface area (Å²) in [6.45, 7) is 0. The zero-order valence-electron chi connectivity index (χ0n) is 8.08. The van der Waals surface area contributed by atoms with Crippen molar-refractivity contribution in [2.45, 2.75) is 4.90 Å². The van der Waals surface area contributed by atoms with Crippen molar-refractivity contribution in [2.75, 3.05) is 5.32 Å². The summed E-state index contributed by atoms with van der Waals surface area (Å²) in [5.41, 5.74) is 0.684. The van der Waals surface area contributed by atoms with Gasteiger partial charge in [0.2, 0.25) is 16.0 Å². The number of nitrogens with zero attached hydrogens (tertiary/aromatic N) is 2. The molecule has 2 aromatic rings. The van der Waals surface area contributed by atoms with Crippen LogP contribution < -0.4 is 10.5 Å². The highest BCUT2D eigenvalue weighted by molar-refractivity contribution is 7.89. The van der Waals surface area contributed by atoms with E-state index in [9.17, 15) is 8.42 Å². The molecule has 0 saturated heterocycles. The fourth-order valence-corrected chi connectivity index (χ4v) is 1.65. The lowest BCUT2D eigenvalue weighted by molar-refractivity contribution is 0.598. The molecule has 0 aliphatic rings. The molecule has 0 amide bonds. The van der Waals surface area contributed by atoms with Gasteiger partial charge in [0.1, 0.15) is 6.33 Å². The van der Waals surface area contributed by atoms with Crippen LogP contribution in [0.25, 0.3) is 0 Å². The van der Waals surface area contributed by atoms with Crippen LogP contribution in [0.5, 0.6) is 0 Å². The van der Waals surface area contributed by atoms with Gasteiger partial charge in [0, 0.05) is 5.69 Å². The minimum atomic E-state index is -3.65. The number of aromatic nitrogens is 3. The summed E-state index contributed by atoms with van der Waals surface area (Å²) in [6, 6.07) is 5.99. The number of nitrogens with two attached hydrogens (primary N) is 1. The highest BCUT2D eigenvalue weighted by Crippen LogP contribution is 2.15. The molecule has 2 rings (SSSR count). The van der Waals surface area contributed by atoms with Gasteiger partial charge >= 0.3 is 0 Å². The molecule has 0 spiro atoms. The molecular weight excluding hydrogens is 230 g/mol. The molecule has 0 aliphatic heterocycles. The average molecular weight is 239 g/mol. The maximum atomic E-state index is 11.0. The standard InChI is InChI=1S/C8H9N5O2S/c9-16(14,15)7-3-1-6(2-4-7)12-8-10-5-11-13-8/h1-5H,(H2,9,14,15)(H2,10,11,12,13). The highest BCUT2D eigenvalue weighted by Gasteiger charge is 2.06. The van der Waals surface area contributed by atoms with Crippen molar-refractivity contribution in [1.29, 1.82) is 0 Å². The van der Waals surface area contributed by atoms with Gasteiger partial charge in [-0.3, -0.25) is 0 Å². The largest absolute Gasteiger partial charge is 0.325 e. The Hall–Kier alpha value is -1.93. The van der Waals surface area contributed by atoms with Crippen LogP contribution >= 0.6 is 0 Å². The first-order chi connectivity index (χ1) is 7.55. The third-order valence-corrected chi connectivity index (χ3v) is 2.79. The fraction of sp³-hybridized carbons (Fsp3) is 0. The quantitative estimate of drug-likeness (QED) is 0.707. The molecule has 4 N–H and O–H groups in total. The van der Waals surface area contributed by atoms with Crippen LogP contribution in [0, 0.1) is 0 Å². The number of anilines is 2. The van der Waals surface area contributed by atoms with E-state index in [1.165, 1.54) is 18.5 Å². The van der Waals surface area contributed by atoms with Crippen LogP contribution in [0.3, 0.4) is 0 Å². The molecular formula is C8H9N5O2S. The fourth-order valence-electron chi connectivity index (χ4n) is 1.13. The second kappa shape index (κ2) is 3.91. The average Bonchev–Trinajstić information content (AvgIpc) is 2.70. The van der Waals surface area contributed by atoms with Crippen LogP contribution in [0.1, 0.15) is 0 Å². The minimum Gasteiger partial charge on any atom is -0.325 e. The Morgan fingerprint density at radius 2 is 1.94 bits per heavy atom. The molecule has 0 atom stereocenters. The number of nitrogens with one attached hydrogen (secondary N) is 2. The van der Waals surface area contributed by atoms with Gasteiger partial charge in [0.25, 0.3) is 0 Å². The molecule has 84 valence electrons. The van der Waals surface area contributed by atoms with E-state index < -0.39 is 10.0 Å². The maximum absolute atomic E-state index is 11.0. The van der Waals surface area contributed by atoms with Crippen LogP contribution in [0.2, 0.25) is 0 Å². The van der Waals surface area contributed by atoms with E-state index in [1.807, 2.05) is 0 Å². The Bertz CT molecular complexity index is 561. The third-order valence-electron chi connectivity index (χ3n) is 1.86. The SMILES string of the molecule is NS(=O)(=O)c1ccc(Nc2ncn[nH]2)cc1. The number of hydrogen-bond acceptors (Lipinski definition) is 5. The van der Waals surface area contributed by atoms with Crippen molar-refractivity contribution in [3.05, 3.63) is 30.6 Å². The van der Waals surface area contributed by atoms with Crippen molar-refractivity contribution in [3.63, 3.8) is 0 Å². The van der Waals surface area contributed by atoms with Gasteiger partial charge in [-0.15, -0.1) is 0 Å². The number of sulfonamides is 1. The molecule has 1 aromatic heterocycles. The van der Waals surface area contributed by atoms with Gasteiger partial charge in [-0.25, -0.2) is 18.7 Å². The normalized spacial score (nSPS) is 11.3. The lowest BCUT2D eigenvalue weighted by Gasteiger charge is -2.03. The smallest absolute Gasteiger partial charge is 0.238 e. The summed E-state index contributed by atoms with van der Waals surface area (Å²) in [6.07, 6.45) is 1.36. The second-order valence-corrected chi connectivity index (χ2v) is 4.59. The first kappa shape index (κ1) is 10.6. The summed E-state index contributed by atoms with van der Waals surface area (Å²) < 4.78 is 22.0. The second-order valence-electron chi connectivity index (χ2n) is 3.03. The molecule has 1 aromatic carbocycles. The number of rotatable bonds is 3. The Kier molecular flexibility index (Phi) is 2.59. The number of primary sulfonamides is 1. The lowest BCUT2D eigenvalue weighted by atomic mass is 10.3. The van der Waals surface area contributed by atoms with Gasteiger partial charge in [0.05, 0.1) is 4.90 Å². The van der Waals surface area contributed by atoms with E-state index in [1.54, 1.807) is 12.1 Å². The maximum Gasteiger partial charge on any atom is 0.238 e. The summed E-state index contributed by atoms with van der Waals surface area (Å²) in [5, 5.41) is 14.1. The summed E-state index contributed by atoms with van der Waals surface area (Å²) in [7, 11) is -3.65. The zero-order valence-corrected chi connectivity index (χ0v) is 8.90. The molecule has 0 aliphatic carbocycles. The molecule has 8 heteroatoms. The van der Waals surface area contributed by atoms with Gasteiger partial charge in [0.15, 0.2) is 0 Å².